The molecule has 0 saturated carbocycles. The first-order valence-electron chi connectivity index (χ1n) is 6.62. The maximum atomic E-state index is 12.4. The fourth-order valence-corrected chi connectivity index (χ4v) is 2.42. The van der Waals surface area contributed by atoms with Crippen molar-refractivity contribution in [3.63, 3.8) is 0 Å². The first kappa shape index (κ1) is 17.5. The lowest BCUT2D eigenvalue weighted by atomic mass is 10.1. The van der Waals surface area contributed by atoms with Gasteiger partial charge in [-0.05, 0) is 30.3 Å². The molecular formula is C14H20BrF3N2. The van der Waals surface area contributed by atoms with E-state index in [2.05, 4.69) is 21.2 Å². The number of alkyl halides is 3. The second-order valence-corrected chi connectivity index (χ2v) is 5.48. The zero-order chi connectivity index (χ0) is 15.2. The zero-order valence-electron chi connectivity index (χ0n) is 11.7. The summed E-state index contributed by atoms with van der Waals surface area (Å²) in [4.78, 5) is 1.38. The van der Waals surface area contributed by atoms with Crippen LogP contribution in [0.4, 0.5) is 13.2 Å². The molecule has 1 rings (SSSR count). The molecule has 1 aromatic carbocycles. The van der Waals surface area contributed by atoms with Gasteiger partial charge in [-0.3, -0.25) is 4.90 Å². The van der Waals surface area contributed by atoms with Gasteiger partial charge in [0.2, 0.25) is 0 Å². The summed E-state index contributed by atoms with van der Waals surface area (Å²) < 4.78 is 38.2. The van der Waals surface area contributed by atoms with Crippen molar-refractivity contribution < 1.29 is 13.2 Å². The SMILES string of the molecule is CCNCc1ccc(CN(CC)CC(F)(F)F)c(Br)c1. The van der Waals surface area contributed by atoms with Crippen LogP contribution < -0.4 is 5.32 Å². The maximum absolute atomic E-state index is 12.4. The normalized spacial score (nSPS) is 12.2. The molecule has 0 aliphatic heterocycles. The number of benzene rings is 1. The lowest BCUT2D eigenvalue weighted by molar-refractivity contribution is -0.146. The summed E-state index contributed by atoms with van der Waals surface area (Å²) in [6, 6.07) is 5.79. The van der Waals surface area contributed by atoms with Crippen LogP contribution in [0, 0.1) is 0 Å². The highest BCUT2D eigenvalue weighted by Gasteiger charge is 2.30. The van der Waals surface area contributed by atoms with E-state index in [1.807, 2.05) is 25.1 Å². The molecular weight excluding hydrogens is 333 g/mol. The molecule has 1 N–H and O–H groups in total. The third kappa shape index (κ3) is 6.24. The van der Waals surface area contributed by atoms with E-state index in [1.165, 1.54) is 4.90 Å². The second kappa shape index (κ2) is 8.00. The van der Waals surface area contributed by atoms with E-state index in [4.69, 9.17) is 0 Å². The van der Waals surface area contributed by atoms with Crippen molar-refractivity contribution in [1.82, 2.24) is 10.2 Å². The van der Waals surface area contributed by atoms with Crippen molar-refractivity contribution in [1.29, 1.82) is 0 Å². The molecule has 0 saturated heterocycles. The maximum Gasteiger partial charge on any atom is 0.401 e. The molecule has 2 nitrogen and oxygen atoms in total. The Balaban J connectivity index is 2.71. The third-order valence-electron chi connectivity index (χ3n) is 2.94. The van der Waals surface area contributed by atoms with Crippen molar-refractivity contribution in [2.24, 2.45) is 0 Å². The van der Waals surface area contributed by atoms with Gasteiger partial charge in [0.25, 0.3) is 0 Å². The summed E-state index contributed by atoms with van der Waals surface area (Å²) in [5.74, 6) is 0. The monoisotopic (exact) mass is 352 g/mol. The van der Waals surface area contributed by atoms with Crippen molar-refractivity contribution >= 4 is 15.9 Å². The highest BCUT2D eigenvalue weighted by atomic mass is 79.9. The van der Waals surface area contributed by atoms with E-state index in [1.54, 1.807) is 6.92 Å². The van der Waals surface area contributed by atoms with Crippen LogP contribution in [-0.2, 0) is 13.1 Å². The number of halogens is 4. The molecule has 0 atom stereocenters. The van der Waals surface area contributed by atoms with Crippen LogP contribution in [0.15, 0.2) is 22.7 Å². The van der Waals surface area contributed by atoms with Gasteiger partial charge in [-0.1, -0.05) is 41.9 Å². The second-order valence-electron chi connectivity index (χ2n) is 4.62. The lowest BCUT2D eigenvalue weighted by Gasteiger charge is -2.22. The molecule has 1 aromatic rings. The summed E-state index contributed by atoms with van der Waals surface area (Å²) in [5, 5.41) is 3.21. The standard InChI is InChI=1S/C14H20BrF3N2/c1-3-19-8-11-5-6-12(13(15)7-11)9-20(4-2)10-14(16,17)18/h5-7,19H,3-4,8-10H2,1-2H3. The van der Waals surface area contributed by atoms with Crippen LogP contribution in [0.25, 0.3) is 0 Å². The van der Waals surface area contributed by atoms with Gasteiger partial charge in [0.15, 0.2) is 0 Å². The Morgan fingerprint density at radius 3 is 2.45 bits per heavy atom. The largest absolute Gasteiger partial charge is 0.401 e. The van der Waals surface area contributed by atoms with E-state index in [9.17, 15) is 13.2 Å². The smallest absolute Gasteiger partial charge is 0.313 e. The molecule has 0 fully saturated rings. The van der Waals surface area contributed by atoms with E-state index in [-0.39, 0.29) is 6.54 Å². The Labute approximate surface area is 126 Å². The van der Waals surface area contributed by atoms with Crippen molar-refractivity contribution in [3.8, 4) is 0 Å². The van der Waals surface area contributed by atoms with Crippen LogP contribution in [-0.4, -0.2) is 30.7 Å². The van der Waals surface area contributed by atoms with E-state index >= 15 is 0 Å². The van der Waals surface area contributed by atoms with Crippen LogP contribution in [0.5, 0.6) is 0 Å². The Bertz CT molecular complexity index is 421. The minimum Gasteiger partial charge on any atom is -0.313 e. The van der Waals surface area contributed by atoms with Gasteiger partial charge in [0.05, 0.1) is 6.54 Å². The molecule has 0 unspecified atom stereocenters. The van der Waals surface area contributed by atoms with Crippen molar-refractivity contribution in [2.75, 3.05) is 19.6 Å². The van der Waals surface area contributed by atoms with Crippen LogP contribution >= 0.6 is 15.9 Å². The van der Waals surface area contributed by atoms with Gasteiger partial charge in [-0.25, -0.2) is 0 Å². The predicted octanol–water partition coefficient (Wildman–Crippen LogP) is 3.94. The highest BCUT2D eigenvalue weighted by Crippen LogP contribution is 2.23. The van der Waals surface area contributed by atoms with Gasteiger partial charge in [0, 0.05) is 17.6 Å². The minimum atomic E-state index is -4.16. The predicted molar refractivity (Wildman–Crippen MR) is 78.5 cm³/mol. The topological polar surface area (TPSA) is 15.3 Å². The van der Waals surface area contributed by atoms with Gasteiger partial charge in [0.1, 0.15) is 0 Å². The fraction of sp³-hybridized carbons (Fsp3) is 0.571. The number of nitrogens with one attached hydrogen (secondary N) is 1. The van der Waals surface area contributed by atoms with Crippen LogP contribution in [0.2, 0.25) is 0 Å². The zero-order valence-corrected chi connectivity index (χ0v) is 13.3. The first-order valence-corrected chi connectivity index (χ1v) is 7.42. The van der Waals surface area contributed by atoms with Gasteiger partial charge in [-0.15, -0.1) is 0 Å². The number of hydrogen-bond donors (Lipinski definition) is 1. The molecule has 6 heteroatoms. The van der Waals surface area contributed by atoms with Crippen LogP contribution in [0.3, 0.4) is 0 Å². The lowest BCUT2D eigenvalue weighted by Crippen LogP contribution is -2.33. The number of nitrogens with zero attached hydrogens (tertiary/aromatic N) is 1. The summed E-state index contributed by atoms with van der Waals surface area (Å²) in [6.45, 7) is 5.18. The Morgan fingerprint density at radius 2 is 1.95 bits per heavy atom. The number of rotatable bonds is 7. The average Bonchev–Trinajstić information content (AvgIpc) is 2.36. The molecule has 0 radical (unpaired) electrons. The molecule has 114 valence electrons. The summed E-state index contributed by atoms with van der Waals surface area (Å²) in [7, 11) is 0. The third-order valence-corrected chi connectivity index (χ3v) is 3.68. The first-order chi connectivity index (χ1) is 9.35. The van der Waals surface area contributed by atoms with E-state index in [0.717, 1.165) is 28.7 Å². The molecule has 0 aromatic heterocycles. The van der Waals surface area contributed by atoms with E-state index < -0.39 is 12.7 Å². The van der Waals surface area contributed by atoms with Crippen molar-refractivity contribution in [3.05, 3.63) is 33.8 Å². The quantitative estimate of drug-likeness (QED) is 0.799. The fourth-order valence-electron chi connectivity index (χ4n) is 1.87. The summed E-state index contributed by atoms with van der Waals surface area (Å²) >= 11 is 3.44. The highest BCUT2D eigenvalue weighted by molar-refractivity contribution is 9.10. The molecule has 20 heavy (non-hydrogen) atoms. The van der Waals surface area contributed by atoms with Crippen molar-refractivity contribution in [2.45, 2.75) is 33.1 Å². The van der Waals surface area contributed by atoms with E-state index in [0.29, 0.717) is 6.54 Å². The average molecular weight is 353 g/mol. The molecule has 0 bridgehead atoms. The summed E-state index contributed by atoms with van der Waals surface area (Å²) in [6.07, 6.45) is -4.16. The van der Waals surface area contributed by atoms with Gasteiger partial charge in [-0.2, -0.15) is 13.2 Å². The van der Waals surface area contributed by atoms with Crippen LogP contribution in [0.1, 0.15) is 25.0 Å². The molecule has 0 amide bonds. The summed E-state index contributed by atoms with van der Waals surface area (Å²) in [5.41, 5.74) is 1.98. The molecule has 0 aliphatic carbocycles. The number of hydrogen-bond acceptors (Lipinski definition) is 2. The Hall–Kier alpha value is -0.590. The molecule has 0 heterocycles. The Kier molecular flexibility index (Phi) is 6.99. The van der Waals surface area contributed by atoms with Gasteiger partial charge < -0.3 is 5.32 Å². The Morgan fingerprint density at radius 1 is 1.25 bits per heavy atom. The minimum absolute atomic E-state index is 0.290. The van der Waals surface area contributed by atoms with Gasteiger partial charge >= 0.3 is 6.18 Å². The molecule has 0 aliphatic rings. The molecule has 0 spiro atoms.